The third-order valence-electron chi connectivity index (χ3n) is 4.31. The minimum atomic E-state index is 0.434. The monoisotopic (exact) mass is 289 g/mol. The zero-order chi connectivity index (χ0) is 15.1. The van der Waals surface area contributed by atoms with Crippen LogP contribution < -0.4 is 5.32 Å². The number of piperidine rings is 1. The molecule has 1 aliphatic heterocycles. The molecule has 1 saturated heterocycles. The van der Waals surface area contributed by atoms with Crippen LogP contribution in [0.4, 0.5) is 0 Å². The quantitative estimate of drug-likeness (QED) is 0.833. The summed E-state index contributed by atoms with van der Waals surface area (Å²) in [6.07, 6.45) is 3.82. The summed E-state index contributed by atoms with van der Waals surface area (Å²) in [5.41, 5.74) is 1.40. The van der Waals surface area contributed by atoms with Gasteiger partial charge in [0.2, 0.25) is 0 Å². The first-order chi connectivity index (χ1) is 10.2. The standard InChI is InChI=1S/C18H31N3/c1-4-12-21-13-10-17(11-14-21)19-18(15-20(2)3)16-8-6-5-7-9-16/h5-9,17-19H,4,10-15H2,1-3H3. The van der Waals surface area contributed by atoms with Gasteiger partial charge in [-0.1, -0.05) is 37.3 Å². The van der Waals surface area contributed by atoms with Crippen LogP contribution in [0.3, 0.4) is 0 Å². The van der Waals surface area contributed by atoms with Gasteiger partial charge in [-0.25, -0.2) is 0 Å². The van der Waals surface area contributed by atoms with Gasteiger partial charge in [0, 0.05) is 18.6 Å². The molecule has 3 nitrogen and oxygen atoms in total. The van der Waals surface area contributed by atoms with E-state index in [1.807, 2.05) is 0 Å². The van der Waals surface area contributed by atoms with Crippen molar-refractivity contribution in [3.8, 4) is 0 Å². The minimum Gasteiger partial charge on any atom is -0.308 e. The summed E-state index contributed by atoms with van der Waals surface area (Å²) >= 11 is 0. The van der Waals surface area contributed by atoms with E-state index >= 15 is 0 Å². The summed E-state index contributed by atoms with van der Waals surface area (Å²) in [7, 11) is 4.31. The van der Waals surface area contributed by atoms with Crippen LogP contribution in [0.2, 0.25) is 0 Å². The molecular formula is C18H31N3. The summed E-state index contributed by atoms with van der Waals surface area (Å²) in [6.45, 7) is 7.07. The second-order valence-corrected chi connectivity index (χ2v) is 6.51. The van der Waals surface area contributed by atoms with Gasteiger partial charge < -0.3 is 15.1 Å². The summed E-state index contributed by atoms with van der Waals surface area (Å²) in [6, 6.07) is 12.0. The van der Waals surface area contributed by atoms with Crippen LogP contribution in [0.15, 0.2) is 30.3 Å². The molecule has 1 aromatic rings. The highest BCUT2D eigenvalue weighted by atomic mass is 15.2. The average molecular weight is 289 g/mol. The molecule has 0 aliphatic carbocycles. The molecule has 1 atom stereocenters. The summed E-state index contributed by atoms with van der Waals surface area (Å²) in [4.78, 5) is 4.87. The van der Waals surface area contributed by atoms with Crippen molar-refractivity contribution in [3.63, 3.8) is 0 Å². The van der Waals surface area contributed by atoms with Crippen LogP contribution >= 0.6 is 0 Å². The smallest absolute Gasteiger partial charge is 0.0451 e. The molecule has 0 bridgehead atoms. The lowest BCUT2D eigenvalue weighted by Gasteiger charge is -2.35. The third-order valence-corrected chi connectivity index (χ3v) is 4.31. The molecule has 2 rings (SSSR count). The van der Waals surface area contributed by atoms with Gasteiger partial charge in [-0.2, -0.15) is 0 Å². The molecule has 118 valence electrons. The zero-order valence-corrected chi connectivity index (χ0v) is 13.9. The molecule has 0 saturated carbocycles. The van der Waals surface area contributed by atoms with Crippen LogP contribution in [0.5, 0.6) is 0 Å². The van der Waals surface area contributed by atoms with E-state index in [1.54, 1.807) is 0 Å². The molecule has 1 aromatic carbocycles. The molecule has 0 aromatic heterocycles. The molecule has 0 radical (unpaired) electrons. The first kappa shape index (κ1) is 16.5. The van der Waals surface area contributed by atoms with Gasteiger partial charge in [-0.15, -0.1) is 0 Å². The van der Waals surface area contributed by atoms with Gasteiger partial charge >= 0.3 is 0 Å². The van der Waals surface area contributed by atoms with Gasteiger partial charge in [-0.3, -0.25) is 0 Å². The molecule has 1 N–H and O–H groups in total. The lowest BCUT2D eigenvalue weighted by atomic mass is 10.0. The molecule has 0 spiro atoms. The number of hydrogen-bond acceptors (Lipinski definition) is 3. The molecule has 3 heteroatoms. The number of benzene rings is 1. The molecular weight excluding hydrogens is 258 g/mol. The molecule has 0 amide bonds. The largest absolute Gasteiger partial charge is 0.308 e. The number of likely N-dealkylation sites (N-methyl/N-ethyl adjacent to an activating group) is 1. The Bertz CT molecular complexity index is 383. The van der Waals surface area contributed by atoms with Gasteiger partial charge in [0.15, 0.2) is 0 Å². The maximum Gasteiger partial charge on any atom is 0.0451 e. The van der Waals surface area contributed by atoms with Crippen molar-refractivity contribution in [2.45, 2.75) is 38.3 Å². The van der Waals surface area contributed by atoms with Crippen LogP contribution in [0, 0.1) is 0 Å². The average Bonchev–Trinajstić information content (AvgIpc) is 2.49. The fraction of sp³-hybridized carbons (Fsp3) is 0.667. The van der Waals surface area contributed by atoms with Crippen molar-refractivity contribution in [2.75, 3.05) is 40.3 Å². The van der Waals surface area contributed by atoms with Gasteiger partial charge in [0.1, 0.15) is 0 Å². The van der Waals surface area contributed by atoms with Gasteiger partial charge in [-0.05, 0) is 58.6 Å². The van der Waals surface area contributed by atoms with Crippen molar-refractivity contribution in [3.05, 3.63) is 35.9 Å². The zero-order valence-electron chi connectivity index (χ0n) is 13.9. The topological polar surface area (TPSA) is 18.5 Å². The minimum absolute atomic E-state index is 0.434. The van der Waals surface area contributed by atoms with Crippen LogP contribution in [-0.4, -0.2) is 56.1 Å². The second kappa shape index (κ2) is 8.52. The Balaban J connectivity index is 1.91. The highest BCUT2D eigenvalue weighted by Crippen LogP contribution is 2.18. The Morgan fingerprint density at radius 3 is 2.43 bits per heavy atom. The van der Waals surface area contributed by atoms with E-state index in [4.69, 9.17) is 0 Å². The number of hydrogen-bond donors (Lipinski definition) is 1. The lowest BCUT2D eigenvalue weighted by molar-refractivity contribution is 0.185. The summed E-state index contributed by atoms with van der Waals surface area (Å²) in [5, 5.41) is 3.90. The van der Waals surface area contributed by atoms with E-state index in [0.717, 1.165) is 6.54 Å². The van der Waals surface area contributed by atoms with E-state index in [0.29, 0.717) is 12.1 Å². The lowest BCUT2D eigenvalue weighted by Crippen LogP contribution is -2.45. The maximum atomic E-state index is 3.90. The van der Waals surface area contributed by atoms with E-state index in [-0.39, 0.29) is 0 Å². The van der Waals surface area contributed by atoms with Crippen molar-refractivity contribution in [1.29, 1.82) is 0 Å². The van der Waals surface area contributed by atoms with E-state index in [2.05, 4.69) is 66.5 Å². The van der Waals surface area contributed by atoms with E-state index in [1.165, 1.54) is 44.5 Å². The van der Waals surface area contributed by atoms with Crippen molar-refractivity contribution in [1.82, 2.24) is 15.1 Å². The van der Waals surface area contributed by atoms with Gasteiger partial charge in [0.05, 0.1) is 0 Å². The van der Waals surface area contributed by atoms with Crippen molar-refractivity contribution in [2.24, 2.45) is 0 Å². The summed E-state index contributed by atoms with van der Waals surface area (Å²) in [5.74, 6) is 0. The first-order valence-corrected chi connectivity index (χ1v) is 8.37. The molecule has 1 unspecified atom stereocenters. The van der Waals surface area contributed by atoms with Gasteiger partial charge in [0.25, 0.3) is 0 Å². The highest BCUT2D eigenvalue weighted by molar-refractivity contribution is 5.19. The molecule has 1 aliphatic rings. The number of rotatable bonds is 7. The predicted octanol–water partition coefficient (Wildman–Crippen LogP) is 2.75. The summed E-state index contributed by atoms with van der Waals surface area (Å²) < 4.78 is 0. The Morgan fingerprint density at radius 2 is 1.86 bits per heavy atom. The second-order valence-electron chi connectivity index (χ2n) is 6.51. The Morgan fingerprint density at radius 1 is 1.19 bits per heavy atom. The van der Waals surface area contributed by atoms with Crippen LogP contribution in [0.25, 0.3) is 0 Å². The number of likely N-dealkylation sites (tertiary alicyclic amines) is 1. The Hall–Kier alpha value is -0.900. The van der Waals surface area contributed by atoms with Crippen molar-refractivity contribution >= 4 is 0 Å². The maximum absolute atomic E-state index is 3.90. The fourth-order valence-corrected chi connectivity index (χ4v) is 3.23. The molecule has 1 heterocycles. The van der Waals surface area contributed by atoms with E-state index < -0.39 is 0 Å². The normalized spacial score (nSPS) is 19.0. The fourth-order valence-electron chi connectivity index (χ4n) is 3.23. The SMILES string of the molecule is CCCN1CCC(NC(CN(C)C)c2ccccc2)CC1. The Kier molecular flexibility index (Phi) is 6.68. The first-order valence-electron chi connectivity index (χ1n) is 8.37. The number of nitrogens with one attached hydrogen (secondary N) is 1. The third kappa shape index (κ3) is 5.42. The molecule has 1 fully saturated rings. The highest BCUT2D eigenvalue weighted by Gasteiger charge is 2.22. The van der Waals surface area contributed by atoms with Crippen LogP contribution in [0.1, 0.15) is 37.8 Å². The van der Waals surface area contributed by atoms with Crippen LogP contribution in [-0.2, 0) is 0 Å². The predicted molar refractivity (Wildman–Crippen MR) is 90.6 cm³/mol. The van der Waals surface area contributed by atoms with E-state index in [9.17, 15) is 0 Å². The van der Waals surface area contributed by atoms with Crippen molar-refractivity contribution < 1.29 is 0 Å². The molecule has 21 heavy (non-hydrogen) atoms. The Labute approximate surface area is 130 Å². The number of nitrogens with zero attached hydrogens (tertiary/aromatic N) is 2.